The van der Waals surface area contributed by atoms with Gasteiger partial charge in [-0.15, -0.1) is 0 Å². The topological polar surface area (TPSA) is 105 Å². The molecule has 0 spiro atoms. The highest BCUT2D eigenvalue weighted by molar-refractivity contribution is 5.96. The van der Waals surface area contributed by atoms with Gasteiger partial charge >= 0.3 is 6.03 Å². The molecule has 4 heterocycles. The molecule has 0 bridgehead atoms. The summed E-state index contributed by atoms with van der Waals surface area (Å²) in [6.07, 6.45) is 4.64. The fraction of sp³-hybridized carbons (Fsp3) is 0.308. The molecule has 0 saturated carbocycles. The van der Waals surface area contributed by atoms with Gasteiger partial charge in [0.2, 0.25) is 5.91 Å². The molecule has 0 aliphatic carbocycles. The highest BCUT2D eigenvalue weighted by atomic mass is 16.3. The molecule has 1 atom stereocenters. The zero-order valence-corrected chi connectivity index (χ0v) is 19.7. The summed E-state index contributed by atoms with van der Waals surface area (Å²) < 4.78 is 11.2. The van der Waals surface area contributed by atoms with Crippen LogP contribution in [0.1, 0.15) is 26.7 Å². The number of likely N-dealkylation sites (tertiary alicyclic amines) is 1. The van der Waals surface area contributed by atoms with Crippen LogP contribution in [0.4, 0.5) is 10.5 Å². The Morgan fingerprint density at radius 3 is 2.26 bits per heavy atom. The maximum atomic E-state index is 13.1. The highest BCUT2D eigenvalue weighted by Gasteiger charge is 2.36. The Morgan fingerprint density at radius 2 is 1.66 bits per heavy atom. The van der Waals surface area contributed by atoms with Crippen molar-refractivity contribution >= 4 is 28.7 Å². The molecule has 1 fully saturated rings. The molecule has 0 radical (unpaired) electrons. The van der Waals surface area contributed by atoms with E-state index in [1.807, 2.05) is 26.0 Å². The van der Waals surface area contributed by atoms with E-state index in [1.54, 1.807) is 52.7 Å². The Kier molecular flexibility index (Phi) is 6.22. The number of hydrogen-bond donors (Lipinski definition) is 1. The SMILES string of the molecule is CCN(CC)C(=O)[C@H]1CCCN1C(=O)Nc1ccc2nc(-c3ccco3)c(-c3ccco3)nc2c1. The lowest BCUT2D eigenvalue weighted by atomic mass is 10.1. The molecule has 1 aliphatic heterocycles. The first kappa shape index (κ1) is 22.6. The van der Waals surface area contributed by atoms with E-state index in [2.05, 4.69) is 5.32 Å². The maximum Gasteiger partial charge on any atom is 0.322 e. The Hall–Kier alpha value is -4.14. The summed E-state index contributed by atoms with van der Waals surface area (Å²) in [5.41, 5.74) is 2.95. The number of anilines is 1. The van der Waals surface area contributed by atoms with Crippen molar-refractivity contribution in [1.82, 2.24) is 19.8 Å². The summed E-state index contributed by atoms with van der Waals surface area (Å²) in [4.78, 5) is 39.0. The van der Waals surface area contributed by atoms with Gasteiger partial charge in [-0.3, -0.25) is 4.79 Å². The second-order valence-electron chi connectivity index (χ2n) is 8.37. The van der Waals surface area contributed by atoms with E-state index >= 15 is 0 Å². The zero-order valence-electron chi connectivity index (χ0n) is 19.7. The Bertz CT molecular complexity index is 1330. The van der Waals surface area contributed by atoms with Crippen LogP contribution in [0.5, 0.6) is 0 Å². The maximum absolute atomic E-state index is 13.1. The molecule has 35 heavy (non-hydrogen) atoms. The second-order valence-corrected chi connectivity index (χ2v) is 8.37. The Morgan fingerprint density at radius 1 is 1.00 bits per heavy atom. The third kappa shape index (κ3) is 4.37. The van der Waals surface area contributed by atoms with Gasteiger partial charge in [-0.05, 0) is 69.2 Å². The number of nitrogens with one attached hydrogen (secondary N) is 1. The van der Waals surface area contributed by atoms with E-state index in [-0.39, 0.29) is 11.9 Å². The van der Waals surface area contributed by atoms with Crippen LogP contribution < -0.4 is 5.32 Å². The summed E-state index contributed by atoms with van der Waals surface area (Å²) in [6.45, 7) is 5.70. The van der Waals surface area contributed by atoms with Crippen LogP contribution in [0.2, 0.25) is 0 Å². The minimum Gasteiger partial charge on any atom is -0.463 e. The van der Waals surface area contributed by atoms with Crippen LogP contribution >= 0.6 is 0 Å². The summed E-state index contributed by atoms with van der Waals surface area (Å²) >= 11 is 0. The first-order valence-corrected chi connectivity index (χ1v) is 11.8. The lowest BCUT2D eigenvalue weighted by Crippen LogP contribution is -2.49. The minimum atomic E-state index is -0.434. The van der Waals surface area contributed by atoms with Gasteiger partial charge in [0.1, 0.15) is 17.4 Å². The standard InChI is InChI=1S/C26H27N5O4/c1-3-30(4-2)25(32)20-8-5-13-31(20)26(33)27-17-11-12-18-19(16-17)29-24(22-10-7-15-35-22)23(28-18)21-9-6-14-34-21/h6-7,9-12,14-16,20H,3-5,8,13H2,1-2H3,(H,27,33)/t20-/m1/s1. The Labute approximate surface area is 202 Å². The average molecular weight is 474 g/mol. The highest BCUT2D eigenvalue weighted by Crippen LogP contribution is 2.32. The summed E-state index contributed by atoms with van der Waals surface area (Å²) in [5.74, 6) is 1.15. The van der Waals surface area contributed by atoms with Gasteiger partial charge in [-0.2, -0.15) is 0 Å². The van der Waals surface area contributed by atoms with Crippen LogP contribution in [-0.4, -0.2) is 57.4 Å². The number of benzene rings is 1. The van der Waals surface area contributed by atoms with Crippen molar-refractivity contribution < 1.29 is 18.4 Å². The number of fused-ring (bicyclic) bond motifs is 1. The van der Waals surface area contributed by atoms with Crippen molar-refractivity contribution in [3.63, 3.8) is 0 Å². The molecule has 9 heteroatoms. The van der Waals surface area contributed by atoms with Gasteiger partial charge in [-0.1, -0.05) is 0 Å². The van der Waals surface area contributed by atoms with Crippen LogP contribution in [0.15, 0.2) is 63.8 Å². The van der Waals surface area contributed by atoms with Gasteiger partial charge in [0.05, 0.1) is 23.6 Å². The molecule has 1 saturated heterocycles. The van der Waals surface area contributed by atoms with Crippen molar-refractivity contribution in [2.45, 2.75) is 32.7 Å². The van der Waals surface area contributed by atoms with E-state index in [0.29, 0.717) is 65.7 Å². The van der Waals surface area contributed by atoms with Gasteiger partial charge < -0.3 is 24.0 Å². The van der Waals surface area contributed by atoms with E-state index < -0.39 is 6.04 Å². The number of aromatic nitrogens is 2. The normalized spacial score (nSPS) is 15.5. The number of amides is 3. The monoisotopic (exact) mass is 473 g/mol. The van der Waals surface area contributed by atoms with Crippen molar-refractivity contribution in [2.24, 2.45) is 0 Å². The zero-order chi connectivity index (χ0) is 24.4. The van der Waals surface area contributed by atoms with Crippen molar-refractivity contribution in [1.29, 1.82) is 0 Å². The first-order valence-electron chi connectivity index (χ1n) is 11.8. The van der Waals surface area contributed by atoms with E-state index in [9.17, 15) is 9.59 Å². The lowest BCUT2D eigenvalue weighted by molar-refractivity contribution is -0.134. The van der Waals surface area contributed by atoms with Crippen molar-refractivity contribution in [3.8, 4) is 22.9 Å². The van der Waals surface area contributed by atoms with Crippen LogP contribution in [0.25, 0.3) is 33.9 Å². The molecule has 1 aromatic carbocycles. The molecule has 9 nitrogen and oxygen atoms in total. The molecule has 5 rings (SSSR count). The van der Waals surface area contributed by atoms with E-state index in [4.69, 9.17) is 18.8 Å². The number of nitrogens with zero attached hydrogens (tertiary/aromatic N) is 4. The predicted molar refractivity (Wildman–Crippen MR) is 132 cm³/mol. The molecular formula is C26H27N5O4. The van der Waals surface area contributed by atoms with E-state index in [1.165, 1.54) is 0 Å². The second kappa shape index (κ2) is 9.61. The number of hydrogen-bond acceptors (Lipinski definition) is 6. The fourth-order valence-corrected chi connectivity index (χ4v) is 4.51. The summed E-state index contributed by atoms with van der Waals surface area (Å²) in [5, 5.41) is 2.94. The Balaban J connectivity index is 1.43. The number of furan rings is 2. The van der Waals surface area contributed by atoms with Crippen molar-refractivity contribution in [3.05, 3.63) is 55.0 Å². The first-order chi connectivity index (χ1) is 17.1. The van der Waals surface area contributed by atoms with Gasteiger partial charge in [0, 0.05) is 25.3 Å². The molecule has 180 valence electrons. The average Bonchev–Trinajstić information content (AvgIpc) is 3.66. The van der Waals surface area contributed by atoms with Crippen LogP contribution in [0.3, 0.4) is 0 Å². The van der Waals surface area contributed by atoms with Gasteiger partial charge in [0.25, 0.3) is 0 Å². The minimum absolute atomic E-state index is 0.000531. The van der Waals surface area contributed by atoms with Gasteiger partial charge in [0.15, 0.2) is 11.5 Å². The molecule has 1 N–H and O–H groups in total. The quantitative estimate of drug-likeness (QED) is 0.422. The van der Waals surface area contributed by atoms with Crippen LogP contribution in [-0.2, 0) is 4.79 Å². The molecule has 1 aliphatic rings. The molecule has 4 aromatic rings. The van der Waals surface area contributed by atoms with Crippen LogP contribution in [0, 0.1) is 0 Å². The lowest BCUT2D eigenvalue weighted by Gasteiger charge is -2.29. The smallest absolute Gasteiger partial charge is 0.322 e. The molecule has 3 aromatic heterocycles. The number of carbonyl (C=O) groups excluding carboxylic acids is 2. The third-order valence-corrected chi connectivity index (χ3v) is 6.30. The fourth-order valence-electron chi connectivity index (χ4n) is 4.51. The molecule has 3 amide bonds. The summed E-state index contributed by atoms with van der Waals surface area (Å²) in [7, 11) is 0. The summed E-state index contributed by atoms with van der Waals surface area (Å²) in [6, 6.07) is 11.9. The number of urea groups is 1. The molecule has 0 unspecified atom stereocenters. The number of rotatable bonds is 6. The van der Waals surface area contributed by atoms with Crippen molar-refractivity contribution in [2.75, 3.05) is 25.0 Å². The molecular weight excluding hydrogens is 446 g/mol. The number of likely N-dealkylation sites (N-methyl/N-ethyl adjacent to an activating group) is 1. The largest absolute Gasteiger partial charge is 0.463 e. The third-order valence-electron chi connectivity index (χ3n) is 6.30. The number of carbonyl (C=O) groups is 2. The van der Waals surface area contributed by atoms with Gasteiger partial charge in [-0.25, -0.2) is 14.8 Å². The van der Waals surface area contributed by atoms with E-state index in [0.717, 1.165) is 6.42 Å². The predicted octanol–water partition coefficient (Wildman–Crippen LogP) is 5.01.